The number of benzene rings is 1. The molecule has 4 aromatic rings. The Labute approximate surface area is 161 Å². The average Bonchev–Trinajstić information content (AvgIpc) is 3.25. The number of imidazole rings is 1. The van der Waals surface area contributed by atoms with E-state index in [0.29, 0.717) is 11.4 Å². The number of rotatable bonds is 5. The molecule has 0 saturated carbocycles. The number of hydrogen-bond acceptors (Lipinski definition) is 5. The third-order valence-electron chi connectivity index (χ3n) is 4.13. The van der Waals surface area contributed by atoms with Crippen molar-refractivity contribution in [1.29, 1.82) is 0 Å². The van der Waals surface area contributed by atoms with Crippen molar-refractivity contribution in [2.24, 2.45) is 0 Å². The molecule has 0 bridgehead atoms. The van der Waals surface area contributed by atoms with Gasteiger partial charge in [-0.15, -0.1) is 11.3 Å². The summed E-state index contributed by atoms with van der Waals surface area (Å²) in [6.07, 6.45) is 3.47. The number of thiophene rings is 1. The first-order chi connectivity index (χ1) is 13.1. The van der Waals surface area contributed by atoms with Gasteiger partial charge in [-0.1, -0.05) is 24.3 Å². The second-order valence-corrected chi connectivity index (χ2v) is 7.35. The molecule has 0 radical (unpaired) electrons. The molecule has 6 nitrogen and oxygen atoms in total. The van der Waals surface area contributed by atoms with Crippen LogP contribution in [0.5, 0.6) is 0 Å². The topological polar surface area (TPSA) is 63.1 Å². The van der Waals surface area contributed by atoms with Crippen LogP contribution in [0.25, 0.3) is 16.0 Å². The van der Waals surface area contributed by atoms with Gasteiger partial charge in [0.25, 0.3) is 5.91 Å². The largest absolute Gasteiger partial charge is 0.348 e. The number of aromatic nitrogens is 3. The van der Waals surface area contributed by atoms with Crippen LogP contribution < -0.4 is 10.2 Å². The minimum absolute atomic E-state index is 0.104. The molecule has 1 amide bonds. The van der Waals surface area contributed by atoms with E-state index in [2.05, 4.69) is 14.9 Å². The van der Waals surface area contributed by atoms with Gasteiger partial charge in [0.15, 0.2) is 0 Å². The monoisotopic (exact) mass is 377 g/mol. The maximum absolute atomic E-state index is 12.6. The van der Waals surface area contributed by atoms with Gasteiger partial charge >= 0.3 is 0 Å². The lowest BCUT2D eigenvalue weighted by molar-refractivity contribution is 0.0955. The molecule has 4 rings (SSSR count). The maximum Gasteiger partial charge on any atom is 0.261 e. The van der Waals surface area contributed by atoms with Crippen LogP contribution in [-0.4, -0.2) is 34.5 Å². The van der Waals surface area contributed by atoms with Crippen LogP contribution in [-0.2, 0) is 6.54 Å². The highest BCUT2D eigenvalue weighted by atomic mass is 32.1. The van der Waals surface area contributed by atoms with Crippen molar-refractivity contribution in [3.05, 3.63) is 71.4 Å². The fourth-order valence-corrected chi connectivity index (χ4v) is 3.89. The lowest BCUT2D eigenvalue weighted by atomic mass is 10.3. The number of anilines is 1. The molecule has 1 aromatic carbocycles. The first-order valence-electron chi connectivity index (χ1n) is 8.55. The summed E-state index contributed by atoms with van der Waals surface area (Å²) in [6.45, 7) is 0.448. The molecule has 0 spiro atoms. The quantitative estimate of drug-likeness (QED) is 0.578. The molecule has 7 heteroatoms. The van der Waals surface area contributed by atoms with Crippen LogP contribution in [0, 0.1) is 0 Å². The highest BCUT2D eigenvalue weighted by Gasteiger charge is 2.19. The van der Waals surface area contributed by atoms with Crippen molar-refractivity contribution >= 4 is 33.5 Å². The summed E-state index contributed by atoms with van der Waals surface area (Å²) in [5.74, 6) is 0.734. The molecule has 0 atom stereocenters. The molecule has 1 N–H and O–H groups in total. The Morgan fingerprint density at radius 3 is 2.70 bits per heavy atom. The zero-order chi connectivity index (χ0) is 18.8. The number of nitrogens with zero attached hydrogens (tertiary/aromatic N) is 4. The summed E-state index contributed by atoms with van der Waals surface area (Å²) in [5.41, 5.74) is 2.81. The van der Waals surface area contributed by atoms with E-state index in [9.17, 15) is 4.79 Å². The third kappa shape index (κ3) is 3.41. The predicted octanol–water partition coefficient (Wildman–Crippen LogP) is 3.48. The Morgan fingerprint density at radius 2 is 2.00 bits per heavy atom. The van der Waals surface area contributed by atoms with Gasteiger partial charge in [0.05, 0.1) is 4.88 Å². The van der Waals surface area contributed by atoms with Gasteiger partial charge in [-0.2, -0.15) is 0 Å². The predicted molar refractivity (Wildman–Crippen MR) is 109 cm³/mol. The average molecular weight is 377 g/mol. The van der Waals surface area contributed by atoms with E-state index in [1.165, 1.54) is 11.3 Å². The summed E-state index contributed by atoms with van der Waals surface area (Å²) in [4.78, 5) is 24.9. The standard InChI is InChI=1S/C20H19N5OS/c1-24(2)20-23-16-11-17(18(26)22-13-14-7-6-10-21-12-14)27-19(16)25(20)15-8-4-3-5-9-15/h3-12H,13H2,1-2H3,(H,22,26). The lowest BCUT2D eigenvalue weighted by Crippen LogP contribution is -2.21. The molecule has 3 heterocycles. The summed E-state index contributed by atoms with van der Waals surface area (Å²) in [6, 6.07) is 15.7. The number of para-hydroxylation sites is 1. The Morgan fingerprint density at radius 1 is 1.19 bits per heavy atom. The van der Waals surface area contributed by atoms with Gasteiger partial charge in [0.2, 0.25) is 5.95 Å². The van der Waals surface area contributed by atoms with Crippen molar-refractivity contribution in [1.82, 2.24) is 19.9 Å². The van der Waals surface area contributed by atoms with Crippen molar-refractivity contribution in [3.63, 3.8) is 0 Å². The lowest BCUT2D eigenvalue weighted by Gasteiger charge is -2.14. The zero-order valence-corrected chi connectivity index (χ0v) is 15.9. The fourth-order valence-electron chi connectivity index (χ4n) is 2.85. The molecular formula is C20H19N5OS. The Bertz CT molecular complexity index is 1070. The molecular weight excluding hydrogens is 358 g/mol. The molecule has 0 aliphatic heterocycles. The van der Waals surface area contributed by atoms with Crippen molar-refractivity contribution in [2.45, 2.75) is 6.54 Å². The van der Waals surface area contributed by atoms with E-state index in [1.54, 1.807) is 12.4 Å². The van der Waals surface area contributed by atoms with Crippen molar-refractivity contribution in [2.75, 3.05) is 19.0 Å². The van der Waals surface area contributed by atoms with Crippen LogP contribution in [0.4, 0.5) is 5.95 Å². The number of fused-ring (bicyclic) bond motifs is 1. The van der Waals surface area contributed by atoms with E-state index < -0.39 is 0 Å². The fraction of sp³-hybridized carbons (Fsp3) is 0.150. The zero-order valence-electron chi connectivity index (χ0n) is 15.1. The van der Waals surface area contributed by atoms with Gasteiger partial charge in [-0.25, -0.2) is 4.98 Å². The van der Waals surface area contributed by atoms with Crippen molar-refractivity contribution in [3.8, 4) is 5.69 Å². The van der Waals surface area contributed by atoms with Gasteiger partial charge in [-0.3, -0.25) is 14.3 Å². The van der Waals surface area contributed by atoms with Gasteiger partial charge < -0.3 is 10.2 Å². The SMILES string of the molecule is CN(C)c1nc2cc(C(=O)NCc3cccnc3)sc2n1-c1ccccc1. The first-order valence-corrected chi connectivity index (χ1v) is 9.37. The molecule has 136 valence electrons. The van der Waals surface area contributed by atoms with E-state index in [4.69, 9.17) is 4.98 Å². The molecule has 3 aromatic heterocycles. The van der Waals surface area contributed by atoms with Gasteiger partial charge in [0.1, 0.15) is 10.3 Å². The van der Waals surface area contributed by atoms with E-state index in [1.807, 2.05) is 67.5 Å². The van der Waals surface area contributed by atoms with E-state index >= 15 is 0 Å². The minimum Gasteiger partial charge on any atom is -0.348 e. The van der Waals surface area contributed by atoms with Gasteiger partial charge in [-0.05, 0) is 29.8 Å². The second kappa shape index (κ2) is 7.20. The Balaban J connectivity index is 1.66. The summed E-state index contributed by atoms with van der Waals surface area (Å²) < 4.78 is 2.08. The first kappa shape index (κ1) is 17.2. The van der Waals surface area contributed by atoms with Crippen LogP contribution in [0.3, 0.4) is 0 Å². The third-order valence-corrected chi connectivity index (χ3v) is 5.24. The number of amides is 1. The molecule has 0 aliphatic carbocycles. The summed E-state index contributed by atoms with van der Waals surface area (Å²) in [5, 5.41) is 2.95. The molecule has 0 saturated heterocycles. The van der Waals surface area contributed by atoms with Crippen molar-refractivity contribution < 1.29 is 4.79 Å². The summed E-state index contributed by atoms with van der Waals surface area (Å²) >= 11 is 1.45. The highest BCUT2D eigenvalue weighted by molar-refractivity contribution is 7.20. The molecule has 0 aliphatic rings. The number of pyridine rings is 1. The normalized spacial score (nSPS) is 10.9. The number of carbonyl (C=O) groups excluding carboxylic acids is 1. The maximum atomic E-state index is 12.6. The van der Waals surface area contributed by atoms with Gasteiger partial charge in [0, 0.05) is 38.7 Å². The number of nitrogens with one attached hydrogen (secondary N) is 1. The van der Waals surface area contributed by atoms with E-state index in [-0.39, 0.29) is 5.91 Å². The van der Waals surface area contributed by atoms with Crippen LogP contribution >= 0.6 is 11.3 Å². The summed E-state index contributed by atoms with van der Waals surface area (Å²) in [7, 11) is 3.93. The molecule has 27 heavy (non-hydrogen) atoms. The Kier molecular flexibility index (Phi) is 4.60. The smallest absolute Gasteiger partial charge is 0.261 e. The Hall–Kier alpha value is -3.19. The molecule has 0 unspecified atom stereocenters. The molecule has 0 fully saturated rings. The second-order valence-electron chi connectivity index (χ2n) is 6.32. The number of carbonyl (C=O) groups is 1. The minimum atomic E-state index is -0.104. The van der Waals surface area contributed by atoms with Crippen LogP contribution in [0.1, 0.15) is 15.2 Å². The van der Waals surface area contributed by atoms with Crippen LogP contribution in [0.15, 0.2) is 60.9 Å². The highest BCUT2D eigenvalue weighted by Crippen LogP contribution is 2.32. The number of hydrogen-bond donors (Lipinski definition) is 1. The van der Waals surface area contributed by atoms with Crippen LogP contribution in [0.2, 0.25) is 0 Å². The van der Waals surface area contributed by atoms with E-state index in [0.717, 1.165) is 27.5 Å².